The highest BCUT2D eigenvalue weighted by atomic mass is 35.5. The zero-order valence-corrected chi connectivity index (χ0v) is 16.4. The van der Waals surface area contributed by atoms with Gasteiger partial charge in [-0.3, -0.25) is 15.3 Å². The van der Waals surface area contributed by atoms with Gasteiger partial charge in [-0.25, -0.2) is 5.43 Å². The minimum Gasteiger partial charge on any atom is -0.493 e. The van der Waals surface area contributed by atoms with Crippen LogP contribution < -0.4 is 20.3 Å². The van der Waals surface area contributed by atoms with Crippen LogP contribution in [0.25, 0.3) is 0 Å². The van der Waals surface area contributed by atoms with Crippen molar-refractivity contribution in [2.75, 3.05) is 27.3 Å². The van der Waals surface area contributed by atoms with Gasteiger partial charge in [-0.15, -0.1) is 0 Å². The minimum absolute atomic E-state index is 0.273. The van der Waals surface area contributed by atoms with Gasteiger partial charge in [0.05, 0.1) is 20.3 Å². The molecule has 7 heteroatoms. The van der Waals surface area contributed by atoms with Crippen molar-refractivity contribution < 1.29 is 9.47 Å². The molecule has 0 amide bonds. The third-order valence-corrected chi connectivity index (χ3v) is 5.82. The Morgan fingerprint density at radius 3 is 2.70 bits per heavy atom. The number of halogens is 1. The first-order valence-electron chi connectivity index (χ1n) is 9.24. The number of nitrogens with one attached hydrogen (secondary N) is 2. The number of hydrogen-bond donors (Lipinski definition) is 2. The Morgan fingerprint density at radius 2 is 1.96 bits per heavy atom. The van der Waals surface area contributed by atoms with Gasteiger partial charge in [0, 0.05) is 48.9 Å². The molecule has 3 unspecified atom stereocenters. The molecule has 0 aliphatic carbocycles. The molecule has 6 nitrogen and oxygen atoms in total. The number of hydrogen-bond acceptors (Lipinski definition) is 6. The highest BCUT2D eigenvalue weighted by Gasteiger charge is 2.40. The lowest BCUT2D eigenvalue weighted by Gasteiger charge is -2.36. The SMILES string of the molecule is COc1ccnc(CN2CCC3NNC(c4ccc(Cl)cc4)C3C2)c1OC. The maximum atomic E-state index is 6.05. The number of pyridine rings is 1. The summed E-state index contributed by atoms with van der Waals surface area (Å²) in [6.07, 6.45) is 2.87. The Labute approximate surface area is 164 Å². The number of nitrogens with zero attached hydrogens (tertiary/aromatic N) is 2. The van der Waals surface area contributed by atoms with Crippen LogP contribution in [-0.4, -0.2) is 43.2 Å². The van der Waals surface area contributed by atoms with Gasteiger partial charge in [-0.2, -0.15) is 0 Å². The molecule has 3 atom stereocenters. The molecule has 2 aliphatic heterocycles. The Morgan fingerprint density at radius 1 is 1.15 bits per heavy atom. The van der Waals surface area contributed by atoms with E-state index in [0.717, 1.165) is 48.3 Å². The average molecular weight is 389 g/mol. The summed E-state index contributed by atoms with van der Waals surface area (Å²) in [7, 11) is 3.32. The van der Waals surface area contributed by atoms with E-state index in [0.29, 0.717) is 12.0 Å². The summed E-state index contributed by atoms with van der Waals surface area (Å²) < 4.78 is 11.0. The smallest absolute Gasteiger partial charge is 0.183 e. The number of piperidine rings is 1. The van der Waals surface area contributed by atoms with E-state index in [-0.39, 0.29) is 6.04 Å². The van der Waals surface area contributed by atoms with E-state index in [1.54, 1.807) is 20.4 Å². The number of benzene rings is 1. The zero-order valence-electron chi connectivity index (χ0n) is 15.6. The number of fused-ring (bicyclic) bond motifs is 1. The van der Waals surface area contributed by atoms with E-state index in [2.05, 4.69) is 32.9 Å². The maximum absolute atomic E-state index is 6.05. The Bertz CT molecular complexity index is 786. The highest BCUT2D eigenvalue weighted by Crippen LogP contribution is 2.36. The van der Waals surface area contributed by atoms with E-state index in [1.165, 1.54) is 5.56 Å². The van der Waals surface area contributed by atoms with E-state index >= 15 is 0 Å². The summed E-state index contributed by atoms with van der Waals surface area (Å²) in [6, 6.07) is 10.7. The number of rotatable bonds is 5. The fourth-order valence-corrected chi connectivity index (χ4v) is 4.32. The van der Waals surface area contributed by atoms with Crippen LogP contribution in [0.4, 0.5) is 0 Å². The molecule has 2 saturated heterocycles. The van der Waals surface area contributed by atoms with Crippen LogP contribution in [0.2, 0.25) is 5.02 Å². The number of hydrazine groups is 1. The zero-order chi connectivity index (χ0) is 18.8. The molecular weight excluding hydrogens is 364 g/mol. The number of aromatic nitrogens is 1. The fraction of sp³-hybridized carbons (Fsp3) is 0.450. The molecule has 27 heavy (non-hydrogen) atoms. The van der Waals surface area contributed by atoms with Gasteiger partial charge in [-0.1, -0.05) is 23.7 Å². The summed E-state index contributed by atoms with van der Waals surface area (Å²) in [5.74, 6) is 1.93. The van der Waals surface area contributed by atoms with Gasteiger partial charge < -0.3 is 9.47 Å². The second kappa shape index (κ2) is 8.02. The Balaban J connectivity index is 1.50. The molecule has 2 aromatic rings. The standard InChI is InChI=1S/C20H25ClN4O2/c1-26-18-7-9-22-17(20(18)27-2)12-25-10-8-16-15(11-25)19(24-23-16)13-3-5-14(21)6-4-13/h3-7,9,15-16,19,23-24H,8,10-12H2,1-2H3. The van der Waals surface area contributed by atoms with Crippen molar-refractivity contribution in [3.8, 4) is 11.5 Å². The molecule has 2 fully saturated rings. The monoisotopic (exact) mass is 388 g/mol. The minimum atomic E-state index is 0.273. The van der Waals surface area contributed by atoms with Gasteiger partial charge in [0.15, 0.2) is 11.5 Å². The largest absolute Gasteiger partial charge is 0.493 e. The first-order valence-corrected chi connectivity index (χ1v) is 9.62. The van der Waals surface area contributed by atoms with Gasteiger partial charge in [0.2, 0.25) is 0 Å². The quantitative estimate of drug-likeness (QED) is 0.821. The van der Waals surface area contributed by atoms with Crippen molar-refractivity contribution in [3.05, 3.63) is 52.8 Å². The van der Waals surface area contributed by atoms with Crippen molar-refractivity contribution in [1.29, 1.82) is 0 Å². The molecule has 0 saturated carbocycles. The lowest BCUT2D eigenvalue weighted by atomic mass is 9.85. The maximum Gasteiger partial charge on any atom is 0.183 e. The molecule has 144 valence electrons. The predicted octanol–water partition coefficient (Wildman–Crippen LogP) is 2.79. The number of likely N-dealkylation sites (tertiary alicyclic amines) is 1. The van der Waals surface area contributed by atoms with Crippen LogP contribution >= 0.6 is 11.6 Å². The average Bonchev–Trinajstić information content (AvgIpc) is 3.11. The summed E-state index contributed by atoms with van der Waals surface area (Å²) >= 11 is 6.05. The molecule has 3 heterocycles. The van der Waals surface area contributed by atoms with Gasteiger partial charge in [0.1, 0.15) is 5.69 Å². The van der Waals surface area contributed by atoms with E-state index in [1.807, 2.05) is 18.2 Å². The molecule has 0 spiro atoms. The third kappa shape index (κ3) is 3.75. The lowest BCUT2D eigenvalue weighted by Crippen LogP contribution is -2.45. The molecule has 4 rings (SSSR count). The summed E-state index contributed by atoms with van der Waals surface area (Å²) in [5.41, 5.74) is 9.13. The van der Waals surface area contributed by atoms with Crippen LogP contribution in [0.15, 0.2) is 36.5 Å². The lowest BCUT2D eigenvalue weighted by molar-refractivity contribution is 0.145. The second-order valence-electron chi connectivity index (χ2n) is 7.11. The second-order valence-corrected chi connectivity index (χ2v) is 7.54. The topological polar surface area (TPSA) is 58.7 Å². The fourth-order valence-electron chi connectivity index (χ4n) is 4.19. The summed E-state index contributed by atoms with van der Waals surface area (Å²) in [6.45, 7) is 2.75. The van der Waals surface area contributed by atoms with Crippen molar-refractivity contribution >= 4 is 11.6 Å². The molecule has 2 N–H and O–H groups in total. The number of methoxy groups -OCH3 is 2. The Kier molecular flexibility index (Phi) is 5.50. The van der Waals surface area contributed by atoms with Gasteiger partial charge >= 0.3 is 0 Å². The normalized spacial score (nSPS) is 25.2. The van der Waals surface area contributed by atoms with E-state index in [4.69, 9.17) is 21.1 Å². The highest BCUT2D eigenvalue weighted by molar-refractivity contribution is 6.30. The van der Waals surface area contributed by atoms with Crippen LogP contribution in [-0.2, 0) is 6.54 Å². The van der Waals surface area contributed by atoms with Crippen LogP contribution in [0.1, 0.15) is 23.7 Å². The van der Waals surface area contributed by atoms with Crippen LogP contribution in [0.3, 0.4) is 0 Å². The Hall–Kier alpha value is -1.86. The van der Waals surface area contributed by atoms with Crippen molar-refractivity contribution in [2.24, 2.45) is 5.92 Å². The van der Waals surface area contributed by atoms with Crippen molar-refractivity contribution in [1.82, 2.24) is 20.7 Å². The molecule has 1 aromatic carbocycles. The molecular formula is C20H25ClN4O2. The summed E-state index contributed by atoms with van der Waals surface area (Å²) in [5, 5.41) is 0.766. The first kappa shape index (κ1) is 18.5. The van der Waals surface area contributed by atoms with Crippen molar-refractivity contribution in [3.63, 3.8) is 0 Å². The first-order chi connectivity index (χ1) is 13.2. The molecule has 2 aliphatic rings. The van der Waals surface area contributed by atoms with Crippen LogP contribution in [0.5, 0.6) is 11.5 Å². The summed E-state index contributed by atoms with van der Waals surface area (Å²) in [4.78, 5) is 6.98. The molecule has 1 aromatic heterocycles. The van der Waals surface area contributed by atoms with Gasteiger partial charge in [-0.05, 0) is 24.1 Å². The molecule has 0 bridgehead atoms. The molecule has 0 radical (unpaired) electrons. The third-order valence-electron chi connectivity index (χ3n) is 5.56. The van der Waals surface area contributed by atoms with Crippen LogP contribution in [0, 0.1) is 5.92 Å². The number of ether oxygens (including phenoxy) is 2. The van der Waals surface area contributed by atoms with E-state index in [9.17, 15) is 0 Å². The predicted molar refractivity (Wildman–Crippen MR) is 105 cm³/mol. The van der Waals surface area contributed by atoms with Gasteiger partial charge in [0.25, 0.3) is 0 Å². The van der Waals surface area contributed by atoms with E-state index < -0.39 is 0 Å². The van der Waals surface area contributed by atoms with Crippen molar-refractivity contribution in [2.45, 2.75) is 25.0 Å².